The number of hydrogen-bond donors (Lipinski definition) is 1. The molecule has 22 heavy (non-hydrogen) atoms. The molecule has 1 aliphatic heterocycles. The van der Waals surface area contributed by atoms with E-state index in [9.17, 15) is 9.18 Å². The molecule has 0 atom stereocenters. The van der Waals surface area contributed by atoms with Gasteiger partial charge >= 0.3 is 0 Å². The highest BCUT2D eigenvalue weighted by Gasteiger charge is 2.22. The van der Waals surface area contributed by atoms with Crippen LogP contribution in [0.5, 0.6) is 0 Å². The van der Waals surface area contributed by atoms with E-state index >= 15 is 0 Å². The van der Waals surface area contributed by atoms with Crippen molar-refractivity contribution in [3.05, 3.63) is 56.6 Å². The van der Waals surface area contributed by atoms with E-state index in [1.165, 1.54) is 12.1 Å². The highest BCUT2D eigenvalue weighted by atomic mass is 79.9. The summed E-state index contributed by atoms with van der Waals surface area (Å²) < 4.78 is 15.6. The second-order valence-electron chi connectivity index (χ2n) is 5.13. The standard InChI is InChI=1S/C15H10BrFN4O/c16-12-5-10(17)4-11-13(12)20-14-9(1-2-21(14)15(11)22)3-8-6-18-19-7-8/h3-7H,1-2H2,(H,18,19). The fraction of sp³-hybridized carbons (Fsp3) is 0.133. The third-order valence-corrected chi connectivity index (χ3v) is 4.33. The molecule has 0 bridgehead atoms. The minimum absolute atomic E-state index is 0.212. The van der Waals surface area contributed by atoms with E-state index in [0.717, 1.165) is 11.1 Å². The van der Waals surface area contributed by atoms with Gasteiger partial charge in [0.25, 0.3) is 5.56 Å². The lowest BCUT2D eigenvalue weighted by Gasteiger charge is -2.07. The van der Waals surface area contributed by atoms with E-state index in [1.807, 2.05) is 6.08 Å². The molecule has 1 aromatic carbocycles. The van der Waals surface area contributed by atoms with Gasteiger partial charge in [-0.3, -0.25) is 14.5 Å². The van der Waals surface area contributed by atoms with Crippen molar-refractivity contribution in [2.45, 2.75) is 13.0 Å². The first-order chi connectivity index (χ1) is 10.6. The fourth-order valence-electron chi connectivity index (χ4n) is 2.72. The molecule has 1 aliphatic rings. The Morgan fingerprint density at radius 2 is 2.27 bits per heavy atom. The van der Waals surface area contributed by atoms with Gasteiger partial charge in [-0.1, -0.05) is 0 Å². The summed E-state index contributed by atoms with van der Waals surface area (Å²) in [5, 5.41) is 6.95. The van der Waals surface area contributed by atoms with Crippen LogP contribution in [-0.2, 0) is 6.54 Å². The van der Waals surface area contributed by atoms with E-state index in [-0.39, 0.29) is 5.56 Å². The van der Waals surface area contributed by atoms with Gasteiger partial charge < -0.3 is 0 Å². The van der Waals surface area contributed by atoms with Crippen molar-refractivity contribution in [2.75, 3.05) is 0 Å². The van der Waals surface area contributed by atoms with Crippen LogP contribution in [0.4, 0.5) is 4.39 Å². The first-order valence-electron chi connectivity index (χ1n) is 6.73. The Bertz CT molecular complexity index is 975. The quantitative estimate of drug-likeness (QED) is 0.725. The van der Waals surface area contributed by atoms with Crippen LogP contribution in [0.1, 0.15) is 17.8 Å². The number of aromatic nitrogens is 4. The SMILES string of the molecule is O=c1c2cc(F)cc(Br)c2nc2n1CCC2=Cc1cn[nH]c1. The summed E-state index contributed by atoms with van der Waals surface area (Å²) in [5.74, 6) is 0.178. The Kier molecular flexibility index (Phi) is 2.97. The summed E-state index contributed by atoms with van der Waals surface area (Å²) in [6.45, 7) is 0.551. The number of fused-ring (bicyclic) bond motifs is 2. The molecule has 0 saturated heterocycles. The molecule has 0 unspecified atom stereocenters. The van der Waals surface area contributed by atoms with Gasteiger partial charge in [0, 0.05) is 22.8 Å². The van der Waals surface area contributed by atoms with E-state index in [2.05, 4.69) is 31.1 Å². The number of rotatable bonds is 1. The molecule has 5 nitrogen and oxygen atoms in total. The molecular formula is C15H10BrFN4O. The molecule has 2 aromatic heterocycles. The number of halogens is 2. The number of hydrogen-bond acceptors (Lipinski definition) is 3. The van der Waals surface area contributed by atoms with Gasteiger partial charge in [-0.05, 0) is 46.1 Å². The predicted octanol–water partition coefficient (Wildman–Crippen LogP) is 2.97. The van der Waals surface area contributed by atoms with E-state index in [0.29, 0.717) is 34.2 Å². The molecule has 0 aliphatic carbocycles. The topological polar surface area (TPSA) is 63.6 Å². The Hall–Kier alpha value is -2.28. The summed E-state index contributed by atoms with van der Waals surface area (Å²) in [6, 6.07) is 2.56. The Morgan fingerprint density at radius 1 is 1.41 bits per heavy atom. The maximum atomic E-state index is 13.5. The maximum absolute atomic E-state index is 13.5. The lowest BCUT2D eigenvalue weighted by atomic mass is 10.1. The van der Waals surface area contributed by atoms with Crippen LogP contribution < -0.4 is 5.56 Å². The molecule has 0 fully saturated rings. The monoisotopic (exact) mass is 360 g/mol. The van der Waals surface area contributed by atoms with Crippen molar-refractivity contribution in [3.63, 3.8) is 0 Å². The van der Waals surface area contributed by atoms with E-state index < -0.39 is 5.82 Å². The zero-order chi connectivity index (χ0) is 15.3. The lowest BCUT2D eigenvalue weighted by molar-refractivity contribution is 0.628. The summed E-state index contributed by atoms with van der Waals surface area (Å²) in [5.41, 5.74) is 2.17. The molecular weight excluding hydrogens is 351 g/mol. The summed E-state index contributed by atoms with van der Waals surface area (Å²) in [7, 11) is 0. The zero-order valence-corrected chi connectivity index (χ0v) is 12.9. The van der Waals surface area contributed by atoms with Gasteiger partial charge in [0.1, 0.15) is 11.6 Å². The fourth-order valence-corrected chi connectivity index (χ4v) is 3.25. The average Bonchev–Trinajstić information content (AvgIpc) is 3.11. The van der Waals surface area contributed by atoms with Gasteiger partial charge in [-0.15, -0.1) is 0 Å². The molecule has 110 valence electrons. The first-order valence-corrected chi connectivity index (χ1v) is 7.52. The summed E-state index contributed by atoms with van der Waals surface area (Å²) in [6.07, 6.45) is 6.15. The van der Waals surface area contributed by atoms with Crippen LogP contribution in [0.25, 0.3) is 22.6 Å². The highest BCUT2D eigenvalue weighted by Crippen LogP contribution is 2.29. The van der Waals surface area contributed by atoms with Gasteiger partial charge in [0.15, 0.2) is 0 Å². The van der Waals surface area contributed by atoms with Crippen LogP contribution in [0, 0.1) is 5.82 Å². The Morgan fingerprint density at radius 3 is 3.05 bits per heavy atom. The first kappa shape index (κ1) is 13.4. The van der Waals surface area contributed by atoms with Crippen LogP contribution in [0.2, 0.25) is 0 Å². The molecule has 4 rings (SSSR count). The number of nitrogens with one attached hydrogen (secondary N) is 1. The molecule has 0 amide bonds. The van der Waals surface area contributed by atoms with Crippen molar-refractivity contribution in [3.8, 4) is 0 Å². The number of benzene rings is 1. The molecule has 3 aromatic rings. The smallest absolute Gasteiger partial charge is 0.261 e. The minimum Gasteiger partial charge on any atom is -0.292 e. The number of H-pyrrole nitrogens is 1. The average molecular weight is 361 g/mol. The van der Waals surface area contributed by atoms with Gasteiger partial charge in [-0.2, -0.15) is 5.10 Å². The van der Waals surface area contributed by atoms with Gasteiger partial charge in [0.05, 0.1) is 17.1 Å². The molecule has 7 heteroatoms. The third kappa shape index (κ3) is 2.00. The summed E-state index contributed by atoms with van der Waals surface area (Å²) in [4.78, 5) is 17.1. The van der Waals surface area contributed by atoms with Crippen LogP contribution in [0.15, 0.2) is 33.8 Å². The molecule has 3 heterocycles. The molecule has 1 N–H and O–H groups in total. The number of aromatic amines is 1. The lowest BCUT2D eigenvalue weighted by Crippen LogP contribution is -2.21. The largest absolute Gasteiger partial charge is 0.292 e. The number of allylic oxidation sites excluding steroid dienone is 1. The van der Waals surface area contributed by atoms with Crippen LogP contribution in [-0.4, -0.2) is 19.7 Å². The zero-order valence-electron chi connectivity index (χ0n) is 11.3. The van der Waals surface area contributed by atoms with E-state index in [1.54, 1.807) is 17.0 Å². The van der Waals surface area contributed by atoms with Crippen molar-refractivity contribution < 1.29 is 4.39 Å². The maximum Gasteiger partial charge on any atom is 0.261 e. The second-order valence-corrected chi connectivity index (χ2v) is 5.98. The van der Waals surface area contributed by atoms with Crippen molar-refractivity contribution >= 4 is 38.5 Å². The Balaban J connectivity index is 1.99. The predicted molar refractivity (Wildman–Crippen MR) is 84.7 cm³/mol. The van der Waals surface area contributed by atoms with Crippen molar-refractivity contribution in [1.29, 1.82) is 0 Å². The van der Waals surface area contributed by atoms with Gasteiger partial charge in [0.2, 0.25) is 0 Å². The number of nitrogens with zero attached hydrogens (tertiary/aromatic N) is 3. The van der Waals surface area contributed by atoms with Crippen LogP contribution in [0.3, 0.4) is 0 Å². The van der Waals surface area contributed by atoms with Gasteiger partial charge in [-0.25, -0.2) is 9.37 Å². The highest BCUT2D eigenvalue weighted by molar-refractivity contribution is 9.10. The molecule has 0 radical (unpaired) electrons. The van der Waals surface area contributed by atoms with Crippen LogP contribution >= 0.6 is 15.9 Å². The third-order valence-electron chi connectivity index (χ3n) is 3.73. The summed E-state index contributed by atoms with van der Waals surface area (Å²) >= 11 is 3.29. The van der Waals surface area contributed by atoms with Crippen molar-refractivity contribution in [1.82, 2.24) is 19.7 Å². The normalized spacial score (nSPS) is 15.6. The second kappa shape index (κ2) is 4.88. The minimum atomic E-state index is -0.453. The molecule has 0 spiro atoms. The van der Waals surface area contributed by atoms with Crippen molar-refractivity contribution in [2.24, 2.45) is 0 Å². The van der Waals surface area contributed by atoms with E-state index in [4.69, 9.17) is 0 Å². The Labute approximate surface area is 132 Å². The molecule has 0 saturated carbocycles.